The molecule has 6 nitrogen and oxygen atoms in total. The van der Waals surface area contributed by atoms with Gasteiger partial charge in [0.25, 0.3) is 5.56 Å². The van der Waals surface area contributed by atoms with E-state index in [2.05, 4.69) is 17.3 Å². The maximum atomic E-state index is 13.2. The molecule has 1 atom stereocenters. The number of halogens is 1. The highest BCUT2D eigenvalue weighted by molar-refractivity contribution is 5.90. The summed E-state index contributed by atoms with van der Waals surface area (Å²) in [6.07, 6.45) is 6.03. The van der Waals surface area contributed by atoms with Gasteiger partial charge in [-0.05, 0) is 43.4 Å². The van der Waals surface area contributed by atoms with Crippen molar-refractivity contribution in [3.63, 3.8) is 0 Å². The molecule has 1 aromatic carbocycles. The van der Waals surface area contributed by atoms with Crippen LogP contribution in [0, 0.1) is 11.7 Å². The number of nitrogens with one attached hydrogen (secondary N) is 1. The van der Waals surface area contributed by atoms with Crippen LogP contribution < -0.4 is 10.9 Å². The topological polar surface area (TPSA) is 68.4 Å². The number of hydrogen-bond acceptors (Lipinski definition) is 3. The van der Waals surface area contributed by atoms with Crippen molar-refractivity contribution in [2.45, 2.75) is 32.7 Å². The van der Waals surface area contributed by atoms with E-state index in [1.807, 2.05) is 0 Å². The Morgan fingerprint density at radius 1 is 1.38 bits per heavy atom. The molecule has 26 heavy (non-hydrogen) atoms. The molecule has 1 aliphatic rings. The minimum Gasteiger partial charge on any atom is -0.324 e. The number of anilines is 1. The van der Waals surface area contributed by atoms with E-state index in [1.165, 1.54) is 22.8 Å². The van der Waals surface area contributed by atoms with E-state index in [-0.39, 0.29) is 18.0 Å². The molecule has 4 rings (SSSR count). The van der Waals surface area contributed by atoms with Crippen molar-refractivity contribution < 1.29 is 9.18 Å². The highest BCUT2D eigenvalue weighted by Crippen LogP contribution is 2.26. The molecule has 0 aliphatic heterocycles. The predicted octanol–water partition coefficient (Wildman–Crippen LogP) is 2.40. The minimum atomic E-state index is -0.429. The predicted molar refractivity (Wildman–Crippen MR) is 95.7 cm³/mol. The summed E-state index contributed by atoms with van der Waals surface area (Å²) in [6.45, 7) is 2.03. The summed E-state index contributed by atoms with van der Waals surface area (Å²) in [5.74, 6) is -0.301. The fourth-order valence-corrected chi connectivity index (χ4v) is 3.49. The Hall–Kier alpha value is -2.96. The van der Waals surface area contributed by atoms with Crippen LogP contribution in [0.15, 0.2) is 41.5 Å². The van der Waals surface area contributed by atoms with Crippen LogP contribution in [0.25, 0.3) is 5.52 Å². The van der Waals surface area contributed by atoms with Gasteiger partial charge in [-0.25, -0.2) is 8.91 Å². The molecular formula is C19H19FN4O2. The number of aromatic nitrogens is 3. The smallest absolute Gasteiger partial charge is 0.277 e. The molecule has 0 unspecified atom stereocenters. The van der Waals surface area contributed by atoms with Crippen molar-refractivity contribution in [2.75, 3.05) is 5.32 Å². The second-order valence-corrected chi connectivity index (χ2v) is 6.86. The third-order valence-corrected chi connectivity index (χ3v) is 4.79. The largest absolute Gasteiger partial charge is 0.324 e. The molecular weight excluding hydrogens is 335 g/mol. The lowest BCUT2D eigenvalue weighted by molar-refractivity contribution is -0.116. The number of carbonyl (C=O) groups is 1. The zero-order chi connectivity index (χ0) is 18.3. The van der Waals surface area contributed by atoms with E-state index in [4.69, 9.17) is 0 Å². The van der Waals surface area contributed by atoms with Crippen LogP contribution in [-0.4, -0.2) is 20.1 Å². The summed E-state index contributed by atoms with van der Waals surface area (Å²) < 4.78 is 16.2. The van der Waals surface area contributed by atoms with Crippen LogP contribution in [0.5, 0.6) is 0 Å². The average molecular weight is 354 g/mol. The second-order valence-electron chi connectivity index (χ2n) is 6.86. The Bertz CT molecular complexity index is 1050. The summed E-state index contributed by atoms with van der Waals surface area (Å²) in [7, 11) is 0. The van der Waals surface area contributed by atoms with E-state index in [0.29, 0.717) is 17.1 Å². The lowest BCUT2D eigenvalue weighted by Crippen LogP contribution is -2.28. The van der Waals surface area contributed by atoms with Gasteiger partial charge in [0.15, 0.2) is 0 Å². The highest BCUT2D eigenvalue weighted by Gasteiger charge is 2.23. The molecule has 1 N–H and O–H groups in total. The number of nitrogens with zero attached hydrogens (tertiary/aromatic N) is 3. The molecule has 1 amide bonds. The minimum absolute atomic E-state index is 0.138. The molecule has 3 aromatic rings. The van der Waals surface area contributed by atoms with Crippen LogP contribution in [-0.2, 0) is 24.2 Å². The lowest BCUT2D eigenvalue weighted by Gasteiger charge is -2.16. The van der Waals surface area contributed by atoms with Crippen molar-refractivity contribution >= 4 is 17.1 Å². The normalized spacial score (nSPS) is 16.5. The van der Waals surface area contributed by atoms with E-state index >= 15 is 0 Å². The van der Waals surface area contributed by atoms with Crippen molar-refractivity contribution in [3.05, 3.63) is 64.1 Å². The van der Waals surface area contributed by atoms with E-state index in [0.717, 1.165) is 30.5 Å². The van der Waals surface area contributed by atoms with Gasteiger partial charge >= 0.3 is 0 Å². The van der Waals surface area contributed by atoms with Gasteiger partial charge < -0.3 is 9.88 Å². The van der Waals surface area contributed by atoms with Gasteiger partial charge in [0.1, 0.15) is 17.9 Å². The number of aryl methyl sites for hydroxylation is 1. The molecule has 2 heterocycles. The van der Waals surface area contributed by atoms with Gasteiger partial charge in [0.2, 0.25) is 5.91 Å². The van der Waals surface area contributed by atoms with Crippen molar-refractivity contribution in [3.8, 4) is 0 Å². The Balaban J connectivity index is 1.63. The van der Waals surface area contributed by atoms with Gasteiger partial charge in [-0.15, -0.1) is 0 Å². The molecule has 0 fully saturated rings. The maximum absolute atomic E-state index is 13.2. The first-order valence-electron chi connectivity index (χ1n) is 8.66. The molecule has 0 saturated heterocycles. The first-order chi connectivity index (χ1) is 12.5. The third kappa shape index (κ3) is 3.00. The lowest BCUT2D eigenvalue weighted by atomic mass is 9.88. The number of hydrogen-bond donors (Lipinski definition) is 1. The molecule has 0 saturated carbocycles. The van der Waals surface area contributed by atoms with E-state index in [9.17, 15) is 14.0 Å². The van der Waals surface area contributed by atoms with Crippen LogP contribution in [0.4, 0.5) is 10.1 Å². The number of amides is 1. The molecule has 0 radical (unpaired) electrons. The van der Waals surface area contributed by atoms with Gasteiger partial charge in [-0.3, -0.25) is 9.59 Å². The molecule has 1 aliphatic carbocycles. The van der Waals surface area contributed by atoms with Gasteiger partial charge in [0.05, 0.1) is 5.69 Å². The monoisotopic (exact) mass is 354 g/mol. The third-order valence-electron chi connectivity index (χ3n) is 4.79. The van der Waals surface area contributed by atoms with Crippen molar-refractivity contribution in [1.29, 1.82) is 0 Å². The summed E-state index contributed by atoms with van der Waals surface area (Å²) in [6, 6.07) is 5.65. The zero-order valence-corrected chi connectivity index (χ0v) is 14.4. The van der Waals surface area contributed by atoms with E-state index in [1.54, 1.807) is 23.0 Å². The maximum Gasteiger partial charge on any atom is 0.277 e. The van der Waals surface area contributed by atoms with Crippen molar-refractivity contribution in [1.82, 2.24) is 14.2 Å². The number of benzene rings is 1. The van der Waals surface area contributed by atoms with Gasteiger partial charge in [0, 0.05) is 23.6 Å². The van der Waals surface area contributed by atoms with Crippen LogP contribution in [0.1, 0.15) is 24.6 Å². The van der Waals surface area contributed by atoms with Crippen LogP contribution >= 0.6 is 0 Å². The number of rotatable bonds is 3. The Morgan fingerprint density at radius 2 is 2.23 bits per heavy atom. The summed E-state index contributed by atoms with van der Waals surface area (Å²) >= 11 is 0. The van der Waals surface area contributed by atoms with E-state index < -0.39 is 5.82 Å². The van der Waals surface area contributed by atoms with Gasteiger partial charge in [-0.1, -0.05) is 13.0 Å². The SMILES string of the molecule is C[C@@H]1CCc2nn3ccn(CC(=O)Nc4cccc(F)c4)c(=O)c3c2C1. The molecule has 7 heteroatoms. The Kier molecular flexibility index (Phi) is 4.06. The fourth-order valence-electron chi connectivity index (χ4n) is 3.49. The highest BCUT2D eigenvalue weighted by atomic mass is 19.1. The van der Waals surface area contributed by atoms with Crippen LogP contribution in [0.2, 0.25) is 0 Å². The standard InChI is InChI=1S/C19H19FN4O2/c1-12-5-6-16-15(9-12)18-19(26)23(7-8-24(18)22-16)11-17(25)21-14-4-2-3-13(20)10-14/h2-4,7-8,10,12H,5-6,9,11H2,1H3,(H,21,25)/t12-/m1/s1. The quantitative estimate of drug-likeness (QED) is 0.785. The average Bonchev–Trinajstić information content (AvgIpc) is 2.96. The zero-order valence-electron chi connectivity index (χ0n) is 14.4. The molecule has 0 bridgehead atoms. The molecule has 0 spiro atoms. The fraction of sp³-hybridized carbons (Fsp3) is 0.316. The first kappa shape index (κ1) is 16.5. The number of fused-ring (bicyclic) bond motifs is 3. The van der Waals surface area contributed by atoms with Crippen LogP contribution in [0.3, 0.4) is 0 Å². The number of carbonyl (C=O) groups excluding carboxylic acids is 1. The summed E-state index contributed by atoms with van der Waals surface area (Å²) in [5, 5.41) is 7.12. The van der Waals surface area contributed by atoms with Crippen molar-refractivity contribution in [2.24, 2.45) is 5.92 Å². The molecule has 134 valence electrons. The van der Waals surface area contributed by atoms with Gasteiger partial charge in [-0.2, -0.15) is 5.10 Å². The summed E-state index contributed by atoms with van der Waals surface area (Å²) in [5.41, 5.74) is 2.65. The second kappa shape index (κ2) is 6.40. The Morgan fingerprint density at radius 3 is 3.04 bits per heavy atom. The molecule has 2 aromatic heterocycles. The Labute approximate surface area is 149 Å². The first-order valence-corrected chi connectivity index (χ1v) is 8.66. The summed E-state index contributed by atoms with van der Waals surface area (Å²) in [4.78, 5) is 25.1.